The van der Waals surface area contributed by atoms with Crippen LogP contribution in [0.25, 0.3) is 0 Å². The average Bonchev–Trinajstić information content (AvgIpc) is 3.18. The van der Waals surface area contributed by atoms with Gasteiger partial charge in [0.1, 0.15) is 0 Å². The zero-order valence-electron chi connectivity index (χ0n) is 15.1. The van der Waals surface area contributed by atoms with Gasteiger partial charge in [-0.05, 0) is 48.9 Å². The van der Waals surface area contributed by atoms with E-state index in [0.29, 0.717) is 19.8 Å². The highest BCUT2D eigenvalue weighted by atomic mass is 16.5. The Hall–Kier alpha value is -2.40. The molecule has 1 fully saturated rings. The molecule has 1 aliphatic rings. The number of ether oxygens (including phenoxy) is 1. The Morgan fingerprint density at radius 1 is 1.15 bits per heavy atom. The largest absolute Gasteiger partial charge is 0.381 e. The fourth-order valence-corrected chi connectivity index (χ4v) is 3.35. The van der Waals surface area contributed by atoms with Gasteiger partial charge in [0, 0.05) is 32.1 Å². The van der Waals surface area contributed by atoms with Crippen LogP contribution in [0.2, 0.25) is 0 Å². The van der Waals surface area contributed by atoms with Crippen molar-refractivity contribution in [2.24, 2.45) is 0 Å². The van der Waals surface area contributed by atoms with E-state index in [1.165, 1.54) is 5.56 Å². The molecule has 5 nitrogen and oxygen atoms in total. The van der Waals surface area contributed by atoms with E-state index < -0.39 is 0 Å². The van der Waals surface area contributed by atoms with Gasteiger partial charge in [-0.2, -0.15) is 0 Å². The number of hydrogen-bond acceptors (Lipinski definition) is 3. The van der Waals surface area contributed by atoms with Crippen LogP contribution in [0.1, 0.15) is 36.4 Å². The molecule has 1 aromatic heterocycles. The van der Waals surface area contributed by atoms with Crippen LogP contribution in [0.3, 0.4) is 0 Å². The molecule has 2 heterocycles. The van der Waals surface area contributed by atoms with Gasteiger partial charge in [-0.3, -0.25) is 4.98 Å². The highest BCUT2D eigenvalue weighted by Gasteiger charge is 2.29. The SMILES string of the molecule is O=C(NCCCOCCc1ccccc1)N1CCCC1c1ccncc1. The molecule has 1 unspecified atom stereocenters. The van der Waals surface area contributed by atoms with E-state index >= 15 is 0 Å². The molecule has 5 heteroatoms. The maximum absolute atomic E-state index is 12.5. The molecule has 1 N–H and O–H groups in total. The number of amides is 2. The molecule has 2 aromatic rings. The maximum Gasteiger partial charge on any atom is 0.317 e. The number of carbonyl (C=O) groups excluding carboxylic acids is 1. The van der Waals surface area contributed by atoms with E-state index in [0.717, 1.165) is 37.8 Å². The Morgan fingerprint density at radius 3 is 2.77 bits per heavy atom. The molecule has 0 bridgehead atoms. The molecule has 1 aliphatic heterocycles. The number of nitrogens with one attached hydrogen (secondary N) is 1. The van der Waals surface area contributed by atoms with Crippen molar-refractivity contribution in [3.8, 4) is 0 Å². The minimum Gasteiger partial charge on any atom is -0.381 e. The lowest BCUT2D eigenvalue weighted by molar-refractivity contribution is 0.134. The zero-order valence-corrected chi connectivity index (χ0v) is 15.1. The Morgan fingerprint density at radius 2 is 1.96 bits per heavy atom. The second-order valence-corrected chi connectivity index (χ2v) is 6.57. The molecule has 1 aromatic carbocycles. The fourth-order valence-electron chi connectivity index (χ4n) is 3.35. The predicted octanol–water partition coefficient (Wildman–Crippen LogP) is 3.58. The third-order valence-electron chi connectivity index (χ3n) is 4.72. The van der Waals surface area contributed by atoms with Crippen LogP contribution in [-0.4, -0.2) is 42.2 Å². The minimum absolute atomic E-state index is 0.0218. The highest BCUT2D eigenvalue weighted by Crippen LogP contribution is 2.31. The normalized spacial score (nSPS) is 16.6. The fraction of sp³-hybridized carbons (Fsp3) is 0.429. The predicted molar refractivity (Wildman–Crippen MR) is 102 cm³/mol. The summed E-state index contributed by atoms with van der Waals surface area (Å²) in [6.07, 6.45) is 7.39. The molecule has 0 spiro atoms. The summed E-state index contributed by atoms with van der Waals surface area (Å²) in [5.74, 6) is 0. The number of carbonyl (C=O) groups is 1. The van der Waals surface area contributed by atoms with Crippen LogP contribution in [0.15, 0.2) is 54.9 Å². The number of likely N-dealkylation sites (tertiary alicyclic amines) is 1. The number of rotatable bonds is 8. The van der Waals surface area contributed by atoms with Gasteiger partial charge in [0.2, 0.25) is 0 Å². The number of benzene rings is 1. The molecule has 0 radical (unpaired) electrons. The van der Waals surface area contributed by atoms with Gasteiger partial charge in [0.05, 0.1) is 12.6 Å². The van der Waals surface area contributed by atoms with Crippen LogP contribution >= 0.6 is 0 Å². The van der Waals surface area contributed by atoms with Crippen molar-refractivity contribution in [2.45, 2.75) is 31.7 Å². The first-order valence-electron chi connectivity index (χ1n) is 9.40. The van der Waals surface area contributed by atoms with E-state index in [1.807, 2.05) is 35.2 Å². The molecular formula is C21H27N3O2. The number of nitrogens with zero attached hydrogens (tertiary/aromatic N) is 2. The van der Waals surface area contributed by atoms with Gasteiger partial charge in [-0.25, -0.2) is 4.79 Å². The first-order valence-corrected chi connectivity index (χ1v) is 9.40. The summed E-state index contributed by atoms with van der Waals surface area (Å²) >= 11 is 0. The van der Waals surface area contributed by atoms with E-state index in [4.69, 9.17) is 4.74 Å². The second-order valence-electron chi connectivity index (χ2n) is 6.57. The summed E-state index contributed by atoms with van der Waals surface area (Å²) in [6.45, 7) is 2.84. The summed E-state index contributed by atoms with van der Waals surface area (Å²) in [6, 6.07) is 14.5. The molecule has 0 aliphatic carbocycles. The molecule has 3 rings (SSSR count). The highest BCUT2D eigenvalue weighted by molar-refractivity contribution is 5.75. The minimum atomic E-state index is 0.0218. The van der Waals surface area contributed by atoms with E-state index in [-0.39, 0.29) is 12.1 Å². The summed E-state index contributed by atoms with van der Waals surface area (Å²) in [4.78, 5) is 18.5. The van der Waals surface area contributed by atoms with Gasteiger partial charge in [-0.1, -0.05) is 30.3 Å². The Labute approximate surface area is 155 Å². The monoisotopic (exact) mass is 353 g/mol. The van der Waals surface area contributed by atoms with Crippen LogP contribution in [0.5, 0.6) is 0 Å². The second kappa shape index (κ2) is 9.92. The number of pyridine rings is 1. The lowest BCUT2D eigenvalue weighted by atomic mass is 10.1. The van der Waals surface area contributed by atoms with E-state index in [2.05, 4.69) is 22.4 Å². The number of hydrogen-bond donors (Lipinski definition) is 1. The molecular weight excluding hydrogens is 326 g/mol. The maximum atomic E-state index is 12.5. The lowest BCUT2D eigenvalue weighted by Gasteiger charge is -2.25. The quantitative estimate of drug-likeness (QED) is 0.738. The first kappa shape index (κ1) is 18.4. The molecule has 26 heavy (non-hydrogen) atoms. The standard InChI is InChI=1S/C21H27N3O2/c25-21(24-15-4-8-20(24)19-9-13-22-14-10-19)23-12-5-16-26-17-11-18-6-2-1-3-7-18/h1-3,6-7,9-10,13-14,20H,4-5,8,11-12,15-17H2,(H,23,25). The Bertz CT molecular complexity index is 663. The lowest BCUT2D eigenvalue weighted by Crippen LogP contribution is -2.40. The molecule has 1 saturated heterocycles. The summed E-state index contributed by atoms with van der Waals surface area (Å²) in [5.41, 5.74) is 2.45. The van der Waals surface area contributed by atoms with Crippen molar-refractivity contribution in [1.29, 1.82) is 0 Å². The molecule has 1 atom stereocenters. The Kier molecular flexibility index (Phi) is 7.02. The van der Waals surface area contributed by atoms with Gasteiger partial charge < -0.3 is 15.0 Å². The van der Waals surface area contributed by atoms with Crippen molar-refractivity contribution >= 4 is 6.03 Å². The van der Waals surface area contributed by atoms with Gasteiger partial charge in [0.25, 0.3) is 0 Å². The summed E-state index contributed by atoms with van der Waals surface area (Å²) in [7, 11) is 0. The molecule has 138 valence electrons. The summed E-state index contributed by atoms with van der Waals surface area (Å²) in [5, 5.41) is 3.02. The number of urea groups is 1. The molecule has 2 amide bonds. The topological polar surface area (TPSA) is 54.5 Å². The van der Waals surface area contributed by atoms with Gasteiger partial charge in [-0.15, -0.1) is 0 Å². The summed E-state index contributed by atoms with van der Waals surface area (Å²) < 4.78 is 5.66. The van der Waals surface area contributed by atoms with Crippen molar-refractivity contribution in [3.63, 3.8) is 0 Å². The van der Waals surface area contributed by atoms with Crippen LogP contribution in [0, 0.1) is 0 Å². The van der Waals surface area contributed by atoms with Gasteiger partial charge in [0.15, 0.2) is 0 Å². The van der Waals surface area contributed by atoms with Crippen LogP contribution in [0.4, 0.5) is 4.79 Å². The molecule has 0 saturated carbocycles. The smallest absolute Gasteiger partial charge is 0.317 e. The van der Waals surface area contributed by atoms with E-state index in [9.17, 15) is 4.79 Å². The zero-order chi connectivity index (χ0) is 18.0. The van der Waals surface area contributed by atoms with Gasteiger partial charge >= 0.3 is 6.03 Å². The number of aromatic nitrogens is 1. The van der Waals surface area contributed by atoms with Crippen molar-refractivity contribution in [3.05, 3.63) is 66.0 Å². The van der Waals surface area contributed by atoms with Crippen molar-refractivity contribution in [1.82, 2.24) is 15.2 Å². The van der Waals surface area contributed by atoms with Crippen molar-refractivity contribution in [2.75, 3.05) is 26.3 Å². The third kappa shape index (κ3) is 5.30. The van der Waals surface area contributed by atoms with E-state index in [1.54, 1.807) is 12.4 Å². The average molecular weight is 353 g/mol. The Balaban J connectivity index is 1.31. The van der Waals surface area contributed by atoms with Crippen molar-refractivity contribution < 1.29 is 9.53 Å². The van der Waals surface area contributed by atoms with Crippen LogP contribution < -0.4 is 5.32 Å². The first-order chi connectivity index (χ1) is 12.8. The third-order valence-corrected chi connectivity index (χ3v) is 4.72. The van der Waals surface area contributed by atoms with Crippen LogP contribution in [-0.2, 0) is 11.2 Å².